The van der Waals surface area contributed by atoms with E-state index in [1.807, 2.05) is 16.9 Å². The van der Waals surface area contributed by atoms with Crippen LogP contribution < -0.4 is 10.1 Å². The average Bonchev–Trinajstić information content (AvgIpc) is 3.47. The first-order valence-corrected chi connectivity index (χ1v) is 10.2. The van der Waals surface area contributed by atoms with Gasteiger partial charge in [0.2, 0.25) is 0 Å². The Morgan fingerprint density at radius 2 is 2.13 bits per heavy atom. The minimum absolute atomic E-state index is 0.114. The number of Topliss-reactive ketones (excluding diaryl/α,β-unsaturated/α-hetero) is 1. The monoisotopic (exact) mass is 430 g/mol. The topological polar surface area (TPSA) is 69.0 Å². The van der Waals surface area contributed by atoms with Crippen LogP contribution in [0.4, 0.5) is 13.2 Å². The summed E-state index contributed by atoms with van der Waals surface area (Å²) in [6.45, 7) is 0.999. The molecular formula is C22H21F3N4O2. The Hall–Kier alpha value is -2.94. The second-order valence-electron chi connectivity index (χ2n) is 8.24. The van der Waals surface area contributed by atoms with E-state index >= 15 is 0 Å². The Labute approximate surface area is 176 Å². The number of halogens is 3. The van der Waals surface area contributed by atoms with Gasteiger partial charge < -0.3 is 10.1 Å². The molecule has 1 saturated carbocycles. The van der Waals surface area contributed by atoms with Gasteiger partial charge in [-0.05, 0) is 37.0 Å². The second-order valence-corrected chi connectivity index (χ2v) is 8.24. The molecule has 1 saturated heterocycles. The molecule has 1 aliphatic carbocycles. The SMILES string of the molecule is COc1cc2nn([C@@H]3C[C@@H]4C[C@H]3CN4)cc2cc1CC(=O)c1cccc(C(F)(F)F)n1. The van der Waals surface area contributed by atoms with E-state index in [-0.39, 0.29) is 12.1 Å². The molecule has 31 heavy (non-hydrogen) atoms. The number of nitrogens with one attached hydrogen (secondary N) is 1. The van der Waals surface area contributed by atoms with Gasteiger partial charge in [0.25, 0.3) is 0 Å². The first-order chi connectivity index (χ1) is 14.8. The second kappa shape index (κ2) is 7.33. The number of ketones is 1. The number of methoxy groups -OCH3 is 1. The molecule has 0 radical (unpaired) electrons. The lowest BCUT2D eigenvalue weighted by Gasteiger charge is -2.22. The highest BCUT2D eigenvalue weighted by Gasteiger charge is 2.40. The van der Waals surface area contributed by atoms with Crippen LogP contribution in [-0.4, -0.2) is 40.2 Å². The molecule has 0 amide bonds. The summed E-state index contributed by atoms with van der Waals surface area (Å²) in [5, 5.41) is 9.09. The van der Waals surface area contributed by atoms with E-state index in [1.54, 1.807) is 6.07 Å². The lowest BCUT2D eigenvalue weighted by Crippen LogP contribution is -2.31. The molecule has 5 rings (SSSR count). The molecule has 6 nitrogen and oxygen atoms in total. The highest BCUT2D eigenvalue weighted by atomic mass is 19.4. The zero-order chi connectivity index (χ0) is 21.8. The van der Waals surface area contributed by atoms with Crippen LogP contribution in [0.2, 0.25) is 0 Å². The minimum Gasteiger partial charge on any atom is -0.496 e. The Morgan fingerprint density at radius 1 is 1.29 bits per heavy atom. The van der Waals surface area contributed by atoms with Crippen LogP contribution in [0.5, 0.6) is 5.75 Å². The molecule has 162 valence electrons. The lowest BCUT2D eigenvalue weighted by molar-refractivity contribution is -0.141. The highest BCUT2D eigenvalue weighted by molar-refractivity contribution is 5.97. The molecule has 3 atom stereocenters. The average molecular weight is 430 g/mol. The van der Waals surface area contributed by atoms with Crippen LogP contribution in [0.3, 0.4) is 0 Å². The van der Waals surface area contributed by atoms with Crippen LogP contribution in [0.1, 0.15) is 40.6 Å². The number of carbonyl (C=O) groups excluding carboxylic acids is 1. The number of nitrogens with zero attached hydrogens (tertiary/aromatic N) is 3. The Morgan fingerprint density at radius 3 is 2.81 bits per heavy atom. The fraction of sp³-hybridized carbons (Fsp3) is 0.409. The number of fused-ring (bicyclic) bond motifs is 3. The fourth-order valence-corrected chi connectivity index (χ4v) is 4.76. The van der Waals surface area contributed by atoms with Crippen molar-refractivity contribution in [1.29, 1.82) is 0 Å². The number of alkyl halides is 3. The van der Waals surface area contributed by atoms with Crippen molar-refractivity contribution in [2.75, 3.05) is 13.7 Å². The number of ether oxygens (including phenoxy) is 1. The molecule has 0 unspecified atom stereocenters. The van der Waals surface area contributed by atoms with Gasteiger partial charge >= 0.3 is 6.18 Å². The first-order valence-electron chi connectivity index (χ1n) is 10.2. The van der Waals surface area contributed by atoms with Gasteiger partial charge in [-0.1, -0.05) is 6.07 Å². The minimum atomic E-state index is -4.60. The summed E-state index contributed by atoms with van der Waals surface area (Å²) < 4.78 is 46.2. The number of piperidine rings is 1. The van der Waals surface area contributed by atoms with Crippen molar-refractivity contribution in [2.24, 2.45) is 5.92 Å². The van der Waals surface area contributed by atoms with E-state index in [0.717, 1.165) is 36.4 Å². The van der Waals surface area contributed by atoms with Crippen molar-refractivity contribution < 1.29 is 22.7 Å². The molecule has 1 N–H and O–H groups in total. The van der Waals surface area contributed by atoms with Crippen molar-refractivity contribution in [2.45, 2.75) is 37.5 Å². The third-order valence-electron chi connectivity index (χ3n) is 6.27. The third-order valence-corrected chi connectivity index (χ3v) is 6.27. The maximum Gasteiger partial charge on any atom is 0.433 e. The van der Waals surface area contributed by atoms with Gasteiger partial charge in [0.05, 0.1) is 18.7 Å². The summed E-state index contributed by atoms with van der Waals surface area (Å²) in [7, 11) is 1.50. The molecule has 2 fully saturated rings. The Balaban J connectivity index is 1.43. The van der Waals surface area contributed by atoms with Crippen LogP contribution in [0, 0.1) is 5.92 Å². The van der Waals surface area contributed by atoms with Crippen molar-refractivity contribution in [3.8, 4) is 5.75 Å². The van der Waals surface area contributed by atoms with Crippen LogP contribution >= 0.6 is 0 Å². The zero-order valence-electron chi connectivity index (χ0n) is 16.8. The van der Waals surface area contributed by atoms with Gasteiger partial charge in [-0.3, -0.25) is 9.48 Å². The number of carbonyl (C=O) groups is 1. The summed E-state index contributed by atoms with van der Waals surface area (Å²) in [5.41, 5.74) is 0.0545. The van der Waals surface area contributed by atoms with Crippen molar-refractivity contribution in [3.05, 3.63) is 53.5 Å². The number of rotatable bonds is 5. The quantitative estimate of drug-likeness (QED) is 0.624. The lowest BCUT2D eigenvalue weighted by atomic mass is 10.0. The normalized spacial score (nSPS) is 22.9. The van der Waals surface area contributed by atoms with Gasteiger partial charge in [0.15, 0.2) is 5.78 Å². The van der Waals surface area contributed by atoms with Gasteiger partial charge in [-0.15, -0.1) is 0 Å². The number of hydrogen-bond donors (Lipinski definition) is 1. The van der Waals surface area contributed by atoms with Crippen LogP contribution in [-0.2, 0) is 12.6 Å². The molecule has 2 aliphatic rings. The summed E-state index contributed by atoms with van der Waals surface area (Å²) in [5.74, 6) is 0.539. The standard InChI is InChI=1S/C22H21F3N4O2/c1-31-20-9-17-14(11-29(28-17)18-8-15-6-13(18)10-26-15)5-12(20)7-19(30)16-3-2-4-21(27-16)22(23,24)25/h2-5,9,11,13,15,18,26H,6-8,10H2,1H3/t13-,15-,18+/m0/s1. The van der Waals surface area contributed by atoms with Crippen LogP contribution in [0.15, 0.2) is 36.5 Å². The molecule has 2 aromatic heterocycles. The predicted octanol–water partition coefficient (Wildman–Crippen LogP) is 3.81. The molecule has 1 aromatic carbocycles. The molecule has 3 heterocycles. The van der Waals surface area contributed by atoms with Gasteiger partial charge in [0.1, 0.15) is 17.1 Å². The zero-order valence-corrected chi connectivity index (χ0v) is 16.8. The first kappa shape index (κ1) is 20.0. The van der Waals surface area contributed by atoms with Crippen LogP contribution in [0.25, 0.3) is 10.9 Å². The molecule has 9 heteroatoms. The number of aromatic nitrogens is 3. The summed E-state index contributed by atoms with van der Waals surface area (Å²) >= 11 is 0. The predicted molar refractivity (Wildman–Crippen MR) is 107 cm³/mol. The Bertz CT molecular complexity index is 1160. The summed E-state index contributed by atoms with van der Waals surface area (Å²) in [6, 6.07) is 7.84. The Kier molecular flexibility index (Phi) is 4.73. The summed E-state index contributed by atoms with van der Waals surface area (Å²) in [4.78, 5) is 16.2. The van der Waals surface area contributed by atoms with E-state index in [9.17, 15) is 18.0 Å². The fourth-order valence-electron chi connectivity index (χ4n) is 4.76. The van der Waals surface area contributed by atoms with E-state index in [4.69, 9.17) is 9.84 Å². The van der Waals surface area contributed by atoms with E-state index in [0.29, 0.717) is 29.3 Å². The van der Waals surface area contributed by atoms with Gasteiger partial charge in [-0.2, -0.15) is 18.3 Å². The van der Waals surface area contributed by atoms with E-state index in [2.05, 4.69) is 10.3 Å². The third kappa shape index (κ3) is 3.67. The van der Waals surface area contributed by atoms with E-state index < -0.39 is 17.7 Å². The highest BCUT2D eigenvalue weighted by Crippen LogP contribution is 2.40. The van der Waals surface area contributed by atoms with Gasteiger partial charge in [-0.25, -0.2) is 4.98 Å². The van der Waals surface area contributed by atoms with Crippen molar-refractivity contribution >= 4 is 16.7 Å². The number of benzene rings is 1. The van der Waals surface area contributed by atoms with Crippen molar-refractivity contribution in [3.63, 3.8) is 0 Å². The molecule has 1 aliphatic heterocycles. The molecule has 3 aromatic rings. The summed E-state index contributed by atoms with van der Waals surface area (Å²) in [6.07, 6.45) is -0.528. The van der Waals surface area contributed by atoms with E-state index in [1.165, 1.54) is 19.2 Å². The maximum absolute atomic E-state index is 12.9. The largest absolute Gasteiger partial charge is 0.496 e. The number of hydrogen-bond acceptors (Lipinski definition) is 5. The molecule has 0 spiro atoms. The van der Waals surface area contributed by atoms with Crippen molar-refractivity contribution in [1.82, 2.24) is 20.1 Å². The van der Waals surface area contributed by atoms with Gasteiger partial charge in [0, 0.05) is 42.2 Å². The molecular weight excluding hydrogens is 409 g/mol. The smallest absolute Gasteiger partial charge is 0.433 e. The maximum atomic E-state index is 12.9. The number of pyridine rings is 1. The molecule has 2 bridgehead atoms.